The van der Waals surface area contributed by atoms with Gasteiger partial charge in [0.2, 0.25) is 11.8 Å². The zero-order valence-corrected chi connectivity index (χ0v) is 12.0. The molecule has 0 saturated heterocycles. The minimum absolute atomic E-state index is 0.0563. The first-order valence-corrected chi connectivity index (χ1v) is 6.51. The van der Waals surface area contributed by atoms with Crippen LogP contribution in [0.4, 0.5) is 0 Å². The molecule has 0 aliphatic carbocycles. The Balaban J connectivity index is 2.63. The number of hydrogen-bond acceptors (Lipinski definition) is 2. The summed E-state index contributed by atoms with van der Waals surface area (Å²) in [5.74, 6) is -0.279. The summed E-state index contributed by atoms with van der Waals surface area (Å²) in [6, 6.07) is 7.42. The molecule has 2 N–H and O–H groups in total. The number of nitrogens with one attached hydrogen (secondary N) is 2. The van der Waals surface area contributed by atoms with Gasteiger partial charge in [-0.3, -0.25) is 9.59 Å². The van der Waals surface area contributed by atoms with E-state index in [1.165, 1.54) is 6.92 Å². The van der Waals surface area contributed by atoms with Crippen LogP contribution in [-0.4, -0.2) is 17.9 Å². The van der Waals surface area contributed by atoms with Crippen molar-refractivity contribution < 1.29 is 9.59 Å². The Kier molecular flexibility index (Phi) is 5.55. The van der Waals surface area contributed by atoms with E-state index in [1.807, 2.05) is 45.0 Å². The molecule has 0 spiro atoms. The fourth-order valence-corrected chi connectivity index (χ4v) is 1.85. The SMILES string of the molecule is CC(=O)N[C@@H](C(=O)NCc1ccccc1C)C(C)C. The van der Waals surface area contributed by atoms with Gasteiger partial charge in [-0.25, -0.2) is 0 Å². The average Bonchev–Trinajstić information content (AvgIpc) is 2.34. The second-order valence-electron chi connectivity index (χ2n) is 5.07. The molecular weight excluding hydrogens is 240 g/mol. The molecule has 0 unspecified atom stereocenters. The van der Waals surface area contributed by atoms with E-state index >= 15 is 0 Å². The predicted molar refractivity (Wildman–Crippen MR) is 75.5 cm³/mol. The van der Waals surface area contributed by atoms with Crippen LogP contribution in [0.3, 0.4) is 0 Å². The Morgan fingerprint density at radius 1 is 1.21 bits per heavy atom. The first-order valence-electron chi connectivity index (χ1n) is 6.51. The molecule has 1 aromatic carbocycles. The maximum Gasteiger partial charge on any atom is 0.243 e. The van der Waals surface area contributed by atoms with Crippen LogP contribution in [0.25, 0.3) is 0 Å². The summed E-state index contributed by atoms with van der Waals surface area (Å²) in [5.41, 5.74) is 2.23. The monoisotopic (exact) mass is 262 g/mol. The molecule has 104 valence electrons. The van der Waals surface area contributed by atoms with Gasteiger partial charge in [-0.15, -0.1) is 0 Å². The molecule has 0 aliphatic heterocycles. The van der Waals surface area contributed by atoms with Gasteiger partial charge in [-0.2, -0.15) is 0 Å². The fourth-order valence-electron chi connectivity index (χ4n) is 1.85. The summed E-state index contributed by atoms with van der Waals surface area (Å²) < 4.78 is 0. The van der Waals surface area contributed by atoms with E-state index in [0.717, 1.165) is 11.1 Å². The van der Waals surface area contributed by atoms with Crippen LogP contribution in [0.2, 0.25) is 0 Å². The molecular formula is C15H22N2O2. The molecule has 0 radical (unpaired) electrons. The maximum atomic E-state index is 12.1. The largest absolute Gasteiger partial charge is 0.350 e. The van der Waals surface area contributed by atoms with Gasteiger partial charge >= 0.3 is 0 Å². The highest BCUT2D eigenvalue weighted by Crippen LogP contribution is 2.07. The highest BCUT2D eigenvalue weighted by atomic mass is 16.2. The molecule has 1 rings (SSSR count). The highest BCUT2D eigenvalue weighted by molar-refractivity contribution is 5.87. The lowest BCUT2D eigenvalue weighted by Crippen LogP contribution is -2.48. The van der Waals surface area contributed by atoms with Crippen molar-refractivity contribution in [1.29, 1.82) is 0 Å². The number of rotatable bonds is 5. The van der Waals surface area contributed by atoms with Crippen LogP contribution < -0.4 is 10.6 Å². The lowest BCUT2D eigenvalue weighted by molar-refractivity contribution is -0.129. The molecule has 2 amide bonds. The van der Waals surface area contributed by atoms with Gasteiger partial charge in [0.05, 0.1) is 0 Å². The minimum Gasteiger partial charge on any atom is -0.350 e. The van der Waals surface area contributed by atoms with E-state index in [1.54, 1.807) is 0 Å². The van der Waals surface area contributed by atoms with Crippen LogP contribution in [0.1, 0.15) is 31.9 Å². The summed E-state index contributed by atoms with van der Waals surface area (Å²) >= 11 is 0. The van der Waals surface area contributed by atoms with Crippen LogP contribution >= 0.6 is 0 Å². The summed E-state index contributed by atoms with van der Waals surface area (Å²) in [6.07, 6.45) is 0. The number of carbonyl (C=O) groups is 2. The molecule has 0 aromatic heterocycles. The Morgan fingerprint density at radius 2 is 1.84 bits per heavy atom. The van der Waals surface area contributed by atoms with Gasteiger partial charge in [0.15, 0.2) is 0 Å². The predicted octanol–water partition coefficient (Wildman–Crippen LogP) is 1.77. The zero-order valence-electron chi connectivity index (χ0n) is 12.0. The molecule has 0 aliphatic rings. The van der Waals surface area contributed by atoms with Gasteiger partial charge in [0.25, 0.3) is 0 Å². The Labute approximate surface area is 114 Å². The van der Waals surface area contributed by atoms with Crippen LogP contribution in [0.5, 0.6) is 0 Å². The molecule has 4 nitrogen and oxygen atoms in total. The summed E-state index contributed by atoms with van der Waals surface area (Å²) in [5, 5.41) is 5.55. The molecule has 0 fully saturated rings. The summed E-state index contributed by atoms with van der Waals surface area (Å²) in [4.78, 5) is 23.2. The Morgan fingerprint density at radius 3 is 2.37 bits per heavy atom. The number of benzene rings is 1. The first-order chi connectivity index (χ1) is 8.91. The third-order valence-electron chi connectivity index (χ3n) is 3.02. The van der Waals surface area contributed by atoms with E-state index in [2.05, 4.69) is 10.6 Å². The van der Waals surface area contributed by atoms with E-state index in [-0.39, 0.29) is 17.7 Å². The molecule has 0 bridgehead atoms. The average molecular weight is 262 g/mol. The standard InChI is InChI=1S/C15H22N2O2/c1-10(2)14(17-12(4)18)15(19)16-9-13-8-6-5-7-11(13)3/h5-8,10,14H,9H2,1-4H3,(H,16,19)(H,17,18)/t14-/m1/s1. The third kappa shape index (κ3) is 4.73. The van der Waals surface area contributed by atoms with Crippen LogP contribution in [-0.2, 0) is 16.1 Å². The number of carbonyl (C=O) groups excluding carboxylic acids is 2. The van der Waals surface area contributed by atoms with E-state index < -0.39 is 6.04 Å². The second kappa shape index (κ2) is 6.92. The number of aryl methyl sites for hydroxylation is 1. The topological polar surface area (TPSA) is 58.2 Å². The highest BCUT2D eigenvalue weighted by Gasteiger charge is 2.22. The van der Waals surface area contributed by atoms with Crippen molar-refractivity contribution in [3.8, 4) is 0 Å². The Hall–Kier alpha value is -1.84. The molecule has 0 saturated carbocycles. The summed E-state index contributed by atoms with van der Waals surface area (Å²) in [7, 11) is 0. The zero-order chi connectivity index (χ0) is 14.4. The maximum absolute atomic E-state index is 12.1. The van der Waals surface area contributed by atoms with Gasteiger partial charge in [0.1, 0.15) is 6.04 Å². The Bertz CT molecular complexity index is 455. The van der Waals surface area contributed by atoms with Crippen molar-refractivity contribution in [3.05, 3.63) is 35.4 Å². The smallest absolute Gasteiger partial charge is 0.243 e. The van der Waals surface area contributed by atoms with Gasteiger partial charge in [0, 0.05) is 13.5 Å². The first kappa shape index (κ1) is 15.2. The lowest BCUT2D eigenvalue weighted by atomic mass is 10.0. The van der Waals surface area contributed by atoms with Gasteiger partial charge in [-0.05, 0) is 24.0 Å². The van der Waals surface area contributed by atoms with Crippen molar-refractivity contribution in [2.24, 2.45) is 5.92 Å². The third-order valence-corrected chi connectivity index (χ3v) is 3.02. The van der Waals surface area contributed by atoms with Gasteiger partial charge in [-0.1, -0.05) is 38.1 Å². The van der Waals surface area contributed by atoms with Crippen molar-refractivity contribution in [2.75, 3.05) is 0 Å². The minimum atomic E-state index is -0.485. The number of hydrogen-bond donors (Lipinski definition) is 2. The quantitative estimate of drug-likeness (QED) is 0.849. The molecule has 0 heterocycles. The fraction of sp³-hybridized carbons (Fsp3) is 0.467. The van der Waals surface area contributed by atoms with E-state index in [0.29, 0.717) is 6.54 Å². The van der Waals surface area contributed by atoms with Crippen molar-refractivity contribution in [1.82, 2.24) is 10.6 Å². The van der Waals surface area contributed by atoms with Crippen LogP contribution in [0, 0.1) is 12.8 Å². The van der Waals surface area contributed by atoms with Crippen molar-refractivity contribution >= 4 is 11.8 Å². The van der Waals surface area contributed by atoms with Crippen molar-refractivity contribution in [3.63, 3.8) is 0 Å². The second-order valence-corrected chi connectivity index (χ2v) is 5.07. The summed E-state index contributed by atoms with van der Waals surface area (Å²) in [6.45, 7) is 7.73. The molecule has 4 heteroatoms. The molecule has 1 aromatic rings. The lowest BCUT2D eigenvalue weighted by Gasteiger charge is -2.21. The van der Waals surface area contributed by atoms with E-state index in [9.17, 15) is 9.59 Å². The molecule has 19 heavy (non-hydrogen) atoms. The van der Waals surface area contributed by atoms with Crippen molar-refractivity contribution in [2.45, 2.75) is 40.3 Å². The van der Waals surface area contributed by atoms with Gasteiger partial charge < -0.3 is 10.6 Å². The molecule has 1 atom stereocenters. The van der Waals surface area contributed by atoms with E-state index in [4.69, 9.17) is 0 Å². The van der Waals surface area contributed by atoms with Crippen LogP contribution in [0.15, 0.2) is 24.3 Å². The normalized spacial score (nSPS) is 12.1. The number of amides is 2.